The standard InChI is InChI=1S/C14H16N4/c1-3-9-15-13-14(16-10-4-2)18-12-8-6-5-7-11(12)17-13/h5-10H,3-4H2,1-2H3. The number of nitrogens with zero attached hydrogens (tertiary/aromatic N) is 4. The highest BCUT2D eigenvalue weighted by atomic mass is 15.0. The summed E-state index contributed by atoms with van der Waals surface area (Å²) in [7, 11) is 0. The zero-order chi connectivity index (χ0) is 12.8. The molecule has 0 saturated carbocycles. The van der Waals surface area contributed by atoms with Gasteiger partial charge in [0, 0.05) is 12.4 Å². The molecule has 0 saturated heterocycles. The molecule has 0 amide bonds. The van der Waals surface area contributed by atoms with Gasteiger partial charge in [-0.05, 0) is 25.0 Å². The molecule has 0 bridgehead atoms. The summed E-state index contributed by atoms with van der Waals surface area (Å²) >= 11 is 0. The van der Waals surface area contributed by atoms with Crippen molar-refractivity contribution in [1.82, 2.24) is 9.97 Å². The fourth-order valence-electron chi connectivity index (χ4n) is 1.51. The summed E-state index contributed by atoms with van der Waals surface area (Å²) in [6.45, 7) is 4.07. The van der Waals surface area contributed by atoms with Gasteiger partial charge in [-0.1, -0.05) is 26.0 Å². The first kappa shape index (κ1) is 12.4. The molecule has 0 atom stereocenters. The Morgan fingerprint density at radius 1 is 0.889 bits per heavy atom. The molecular weight excluding hydrogens is 224 g/mol. The molecule has 1 aromatic carbocycles. The van der Waals surface area contributed by atoms with Crippen LogP contribution < -0.4 is 0 Å². The fraction of sp³-hybridized carbons (Fsp3) is 0.286. The van der Waals surface area contributed by atoms with E-state index in [9.17, 15) is 0 Å². The Labute approximate surface area is 107 Å². The molecule has 2 aromatic rings. The van der Waals surface area contributed by atoms with Crippen LogP contribution >= 0.6 is 0 Å². The van der Waals surface area contributed by atoms with E-state index in [1.807, 2.05) is 50.5 Å². The molecule has 18 heavy (non-hydrogen) atoms. The van der Waals surface area contributed by atoms with Crippen molar-refractivity contribution in [3.63, 3.8) is 0 Å². The van der Waals surface area contributed by atoms with Gasteiger partial charge in [-0.2, -0.15) is 0 Å². The number of fused-ring (bicyclic) bond motifs is 1. The second kappa shape index (κ2) is 6.00. The average Bonchev–Trinajstić information content (AvgIpc) is 2.42. The smallest absolute Gasteiger partial charge is 0.198 e. The molecule has 0 fully saturated rings. The minimum Gasteiger partial charge on any atom is -0.238 e. The van der Waals surface area contributed by atoms with Gasteiger partial charge in [0.2, 0.25) is 0 Å². The van der Waals surface area contributed by atoms with Crippen molar-refractivity contribution in [3.05, 3.63) is 24.3 Å². The van der Waals surface area contributed by atoms with Crippen molar-refractivity contribution in [1.29, 1.82) is 0 Å². The molecule has 0 radical (unpaired) electrons. The molecule has 0 unspecified atom stereocenters. The molecule has 0 aliphatic heterocycles. The molecule has 0 aliphatic carbocycles. The quantitative estimate of drug-likeness (QED) is 0.762. The summed E-state index contributed by atoms with van der Waals surface area (Å²) in [6, 6.07) is 7.75. The van der Waals surface area contributed by atoms with Gasteiger partial charge >= 0.3 is 0 Å². The largest absolute Gasteiger partial charge is 0.238 e. The van der Waals surface area contributed by atoms with E-state index in [0.29, 0.717) is 11.6 Å². The van der Waals surface area contributed by atoms with Gasteiger partial charge in [0.15, 0.2) is 11.6 Å². The zero-order valence-corrected chi connectivity index (χ0v) is 10.7. The Morgan fingerprint density at radius 2 is 1.33 bits per heavy atom. The Bertz CT molecular complexity index is 535. The summed E-state index contributed by atoms with van der Waals surface area (Å²) in [6.07, 6.45) is 5.38. The number of rotatable bonds is 4. The van der Waals surface area contributed by atoms with Gasteiger partial charge in [-0.15, -0.1) is 0 Å². The third kappa shape index (κ3) is 2.77. The first-order chi connectivity index (χ1) is 8.85. The summed E-state index contributed by atoms with van der Waals surface area (Å²) in [5, 5.41) is 0. The van der Waals surface area contributed by atoms with Crippen LogP contribution in [0.25, 0.3) is 11.0 Å². The van der Waals surface area contributed by atoms with Gasteiger partial charge in [-0.3, -0.25) is 0 Å². The Morgan fingerprint density at radius 3 is 1.72 bits per heavy atom. The van der Waals surface area contributed by atoms with Crippen LogP contribution in [0.1, 0.15) is 26.7 Å². The second-order valence-corrected chi connectivity index (χ2v) is 3.80. The van der Waals surface area contributed by atoms with Crippen molar-refractivity contribution in [2.45, 2.75) is 26.7 Å². The van der Waals surface area contributed by atoms with Gasteiger partial charge < -0.3 is 0 Å². The predicted molar refractivity (Wildman–Crippen MR) is 76.4 cm³/mol. The Kier molecular flexibility index (Phi) is 4.12. The van der Waals surface area contributed by atoms with Gasteiger partial charge in [0.1, 0.15) is 0 Å². The summed E-state index contributed by atoms with van der Waals surface area (Å²) in [5.74, 6) is 1.17. The maximum atomic E-state index is 4.49. The van der Waals surface area contributed by atoms with E-state index in [2.05, 4.69) is 20.0 Å². The Hall–Kier alpha value is -2.10. The number of hydrogen-bond donors (Lipinski definition) is 0. The predicted octanol–water partition coefficient (Wildman–Crippen LogP) is 3.85. The van der Waals surface area contributed by atoms with Crippen LogP contribution in [0.4, 0.5) is 11.6 Å². The lowest BCUT2D eigenvalue weighted by Crippen LogP contribution is -1.86. The number of hydrogen-bond acceptors (Lipinski definition) is 4. The number of aliphatic imine (C=N–C) groups is 2. The van der Waals surface area contributed by atoms with E-state index in [1.54, 1.807) is 0 Å². The summed E-state index contributed by atoms with van der Waals surface area (Å²) in [4.78, 5) is 17.6. The highest BCUT2D eigenvalue weighted by molar-refractivity contribution is 5.80. The Balaban J connectivity index is 2.55. The van der Waals surface area contributed by atoms with Crippen molar-refractivity contribution in [2.75, 3.05) is 0 Å². The average molecular weight is 240 g/mol. The molecule has 92 valence electrons. The van der Waals surface area contributed by atoms with Crippen molar-refractivity contribution >= 4 is 35.1 Å². The lowest BCUT2D eigenvalue weighted by Gasteiger charge is -2.01. The number of benzene rings is 1. The van der Waals surface area contributed by atoms with E-state index >= 15 is 0 Å². The summed E-state index contributed by atoms with van der Waals surface area (Å²) in [5.41, 5.74) is 1.69. The van der Waals surface area contributed by atoms with Crippen molar-refractivity contribution in [3.8, 4) is 0 Å². The minimum atomic E-state index is 0.584. The van der Waals surface area contributed by atoms with Crippen LogP contribution in [0.5, 0.6) is 0 Å². The molecule has 4 nitrogen and oxygen atoms in total. The van der Waals surface area contributed by atoms with Crippen molar-refractivity contribution < 1.29 is 0 Å². The van der Waals surface area contributed by atoms with E-state index < -0.39 is 0 Å². The lowest BCUT2D eigenvalue weighted by atomic mass is 10.3. The summed E-state index contributed by atoms with van der Waals surface area (Å²) < 4.78 is 0. The SMILES string of the molecule is CCC=Nc1nc2ccccc2nc1N=CCC. The topological polar surface area (TPSA) is 50.5 Å². The highest BCUT2D eigenvalue weighted by Gasteiger charge is 2.05. The van der Waals surface area contributed by atoms with E-state index in [0.717, 1.165) is 23.9 Å². The van der Waals surface area contributed by atoms with E-state index in [1.165, 1.54) is 0 Å². The molecule has 2 rings (SSSR count). The molecular formula is C14H16N4. The number of para-hydroxylation sites is 2. The van der Waals surface area contributed by atoms with Crippen LogP contribution in [-0.2, 0) is 0 Å². The van der Waals surface area contributed by atoms with Gasteiger partial charge in [0.05, 0.1) is 11.0 Å². The maximum Gasteiger partial charge on any atom is 0.198 e. The monoisotopic (exact) mass is 240 g/mol. The second-order valence-electron chi connectivity index (χ2n) is 3.80. The first-order valence-corrected chi connectivity index (χ1v) is 6.17. The normalized spacial score (nSPS) is 11.9. The zero-order valence-electron chi connectivity index (χ0n) is 10.7. The van der Waals surface area contributed by atoms with Crippen LogP contribution in [0.2, 0.25) is 0 Å². The third-order valence-electron chi connectivity index (χ3n) is 2.33. The minimum absolute atomic E-state index is 0.584. The molecule has 1 aromatic heterocycles. The number of aromatic nitrogens is 2. The van der Waals surface area contributed by atoms with Crippen molar-refractivity contribution in [2.24, 2.45) is 9.98 Å². The molecule has 1 heterocycles. The van der Waals surface area contributed by atoms with Crippen LogP contribution in [0.3, 0.4) is 0 Å². The molecule has 4 heteroatoms. The highest BCUT2D eigenvalue weighted by Crippen LogP contribution is 2.25. The maximum absolute atomic E-state index is 4.49. The fourth-order valence-corrected chi connectivity index (χ4v) is 1.51. The van der Waals surface area contributed by atoms with E-state index in [-0.39, 0.29) is 0 Å². The van der Waals surface area contributed by atoms with Crippen LogP contribution in [-0.4, -0.2) is 22.4 Å². The van der Waals surface area contributed by atoms with Crippen LogP contribution in [0.15, 0.2) is 34.3 Å². The van der Waals surface area contributed by atoms with Gasteiger partial charge in [0.25, 0.3) is 0 Å². The molecule has 0 spiro atoms. The van der Waals surface area contributed by atoms with Gasteiger partial charge in [-0.25, -0.2) is 20.0 Å². The lowest BCUT2D eigenvalue weighted by molar-refractivity contribution is 1.20. The molecule has 0 N–H and O–H groups in total. The van der Waals surface area contributed by atoms with E-state index in [4.69, 9.17) is 0 Å². The third-order valence-corrected chi connectivity index (χ3v) is 2.33. The van der Waals surface area contributed by atoms with Crippen LogP contribution in [0, 0.1) is 0 Å². The molecule has 0 aliphatic rings. The first-order valence-electron chi connectivity index (χ1n) is 6.17.